The molecule has 0 heterocycles. The maximum absolute atomic E-state index is 11.8. The number of Topliss-reactive ketones (excluding diaryl/α,β-unsaturated/α-hetero) is 3. The maximum Gasteiger partial charge on any atom is 0.373 e. The van der Waals surface area contributed by atoms with E-state index in [9.17, 15) is 19.2 Å². The van der Waals surface area contributed by atoms with E-state index >= 15 is 0 Å². The number of carbonyl (C=O) groups is 4. The fraction of sp³-hybridized carbons (Fsp3) is 0.875. The summed E-state index contributed by atoms with van der Waals surface area (Å²) in [7, 11) is 0. The summed E-state index contributed by atoms with van der Waals surface area (Å²) >= 11 is 0. The highest BCUT2D eigenvalue weighted by molar-refractivity contribution is 5.80. The van der Waals surface area contributed by atoms with E-state index in [1.54, 1.807) is 6.92 Å². The van der Waals surface area contributed by atoms with Gasteiger partial charge in [-0.05, 0) is 45.1 Å². The third-order valence-electron chi connectivity index (χ3n) is 7.18. The lowest BCUT2D eigenvalue weighted by atomic mass is 10.0. The molecule has 3 N–H and O–H groups in total. The first kappa shape index (κ1) is 59.0. The lowest BCUT2D eigenvalue weighted by Crippen LogP contribution is -2.14. The summed E-state index contributed by atoms with van der Waals surface area (Å²) in [5.41, 5.74) is 5.38. The molecule has 0 fully saturated rings. The number of hydrogen-bond acceptors (Lipinski definition) is 11. The summed E-state index contributed by atoms with van der Waals surface area (Å²) in [6.45, 7) is 17.9. The van der Waals surface area contributed by atoms with E-state index < -0.39 is 5.97 Å². The summed E-state index contributed by atoms with van der Waals surface area (Å²) in [6.07, 6.45) is 16.1. The topological polar surface area (TPSA) is 186 Å². The molecule has 0 amide bonds. The van der Waals surface area contributed by atoms with Crippen LogP contribution in [0.3, 0.4) is 0 Å². The van der Waals surface area contributed by atoms with Crippen LogP contribution in [0.5, 0.6) is 0 Å². The summed E-state index contributed by atoms with van der Waals surface area (Å²) in [4.78, 5) is 62.1. The van der Waals surface area contributed by atoms with Gasteiger partial charge in [0.2, 0.25) is 0 Å². The fourth-order valence-corrected chi connectivity index (χ4v) is 3.35. The predicted octanol–water partition coefficient (Wildman–Crippen LogP) is 7.96. The van der Waals surface area contributed by atoms with E-state index in [4.69, 9.17) is 39.4 Å². The van der Waals surface area contributed by atoms with Crippen molar-refractivity contribution in [1.29, 1.82) is 0 Å². The number of rotatable bonds is 32. The van der Waals surface area contributed by atoms with E-state index in [0.29, 0.717) is 84.7 Å². The lowest BCUT2D eigenvalue weighted by molar-refractivity contribution is -0.191. The first-order valence-electron chi connectivity index (χ1n) is 19.8. The van der Waals surface area contributed by atoms with Crippen LogP contribution >= 0.6 is 0 Å². The van der Waals surface area contributed by atoms with Crippen molar-refractivity contribution in [3.8, 4) is 0 Å². The van der Waals surface area contributed by atoms with E-state index in [1.165, 1.54) is 38.5 Å². The van der Waals surface area contributed by atoms with Gasteiger partial charge in [-0.2, -0.15) is 9.59 Å². The van der Waals surface area contributed by atoms with Gasteiger partial charge in [-0.3, -0.25) is 19.2 Å². The Morgan fingerprint density at radius 2 is 0.885 bits per heavy atom. The molecule has 0 aliphatic rings. The van der Waals surface area contributed by atoms with Crippen LogP contribution in [0, 0.1) is 5.92 Å². The van der Waals surface area contributed by atoms with Crippen molar-refractivity contribution in [3.63, 3.8) is 0 Å². The van der Waals surface area contributed by atoms with Gasteiger partial charge in [-0.1, -0.05) is 99.8 Å². The van der Waals surface area contributed by atoms with E-state index in [0.717, 1.165) is 38.5 Å². The normalized spacial score (nSPS) is 10.4. The number of hydrogen-bond donors (Lipinski definition) is 2. The molecule has 0 saturated heterocycles. The number of carboxylic acids is 1. The van der Waals surface area contributed by atoms with E-state index in [1.807, 2.05) is 0 Å². The largest absolute Gasteiger partial charge is 0.481 e. The van der Waals surface area contributed by atoms with Crippen molar-refractivity contribution >= 4 is 29.5 Å². The van der Waals surface area contributed by atoms with Crippen LogP contribution in [0.1, 0.15) is 164 Å². The average Bonchev–Trinajstić information content (AvgIpc) is 3.14. The molecule has 1 unspecified atom stereocenters. The second-order valence-electron chi connectivity index (χ2n) is 12.3. The van der Waals surface area contributed by atoms with Gasteiger partial charge in [-0.15, -0.1) is 0 Å². The van der Waals surface area contributed by atoms with Gasteiger partial charge in [0.05, 0.1) is 32.3 Å². The summed E-state index contributed by atoms with van der Waals surface area (Å²) in [6, 6.07) is 0. The fourth-order valence-electron chi connectivity index (χ4n) is 3.35. The van der Waals surface area contributed by atoms with Crippen molar-refractivity contribution in [2.45, 2.75) is 164 Å². The predicted molar refractivity (Wildman–Crippen MR) is 206 cm³/mol. The lowest BCUT2D eigenvalue weighted by Gasteiger charge is -2.07. The highest BCUT2D eigenvalue weighted by Crippen LogP contribution is 2.11. The second kappa shape index (κ2) is 55.4. The van der Waals surface area contributed by atoms with Crippen LogP contribution in [-0.2, 0) is 47.7 Å². The smallest absolute Gasteiger partial charge is 0.373 e. The Kier molecular flexibility index (Phi) is 62.8. The van der Waals surface area contributed by atoms with Crippen LogP contribution in [0.25, 0.3) is 0 Å². The molecule has 0 rings (SSSR count). The minimum absolute atomic E-state index is 0.0128. The number of aliphatic carboxylic acids is 1. The van der Waals surface area contributed by atoms with E-state index in [2.05, 4.69) is 41.5 Å². The SMILES string of the molecule is CC(CCCCCC(=O)COCCOCCCC(=O)COCCOCCCCC(=O)CCCN)C(=O)O.CCCC.CCCC.CCCC.O=C=O. The van der Waals surface area contributed by atoms with Crippen LogP contribution in [0.4, 0.5) is 0 Å². The number of nitrogens with two attached hydrogens (primary N) is 1. The van der Waals surface area contributed by atoms with Gasteiger partial charge < -0.3 is 29.8 Å². The third kappa shape index (κ3) is 66.0. The second-order valence-corrected chi connectivity index (χ2v) is 12.3. The highest BCUT2D eigenvalue weighted by atomic mass is 16.5. The Labute approximate surface area is 317 Å². The number of carbonyl (C=O) groups excluding carboxylic acids is 5. The Morgan fingerprint density at radius 1 is 0.519 bits per heavy atom. The summed E-state index contributed by atoms with van der Waals surface area (Å²) < 4.78 is 21.5. The van der Waals surface area contributed by atoms with Gasteiger partial charge in [0.15, 0.2) is 11.6 Å². The quantitative estimate of drug-likeness (QED) is 0.0633. The molecule has 52 heavy (non-hydrogen) atoms. The van der Waals surface area contributed by atoms with Gasteiger partial charge in [0.1, 0.15) is 19.0 Å². The van der Waals surface area contributed by atoms with Crippen LogP contribution in [-0.4, -0.2) is 94.0 Å². The first-order valence-corrected chi connectivity index (χ1v) is 19.8. The summed E-state index contributed by atoms with van der Waals surface area (Å²) in [5, 5.41) is 8.82. The Balaban J connectivity index is -0.000000412. The zero-order valence-corrected chi connectivity index (χ0v) is 34.3. The van der Waals surface area contributed by atoms with Crippen molar-refractivity contribution in [2.24, 2.45) is 11.7 Å². The maximum atomic E-state index is 11.8. The molecule has 0 aliphatic carbocycles. The molecule has 310 valence electrons. The Hall–Kier alpha value is -2.34. The Bertz CT molecular complexity index is 772. The molecule has 0 aromatic rings. The molecule has 1 atom stereocenters. The molecule has 0 aromatic carbocycles. The zero-order valence-electron chi connectivity index (χ0n) is 34.3. The van der Waals surface area contributed by atoms with Crippen molar-refractivity contribution < 1.29 is 52.8 Å². The molecule has 0 spiro atoms. The summed E-state index contributed by atoms with van der Waals surface area (Å²) in [5.74, 6) is -0.818. The van der Waals surface area contributed by atoms with Gasteiger partial charge in [-0.25, -0.2) is 0 Å². The van der Waals surface area contributed by atoms with Crippen LogP contribution in [0.2, 0.25) is 0 Å². The molecule has 0 aromatic heterocycles. The van der Waals surface area contributed by atoms with Crippen LogP contribution in [0.15, 0.2) is 0 Å². The molecular formula is C40H79NO11. The molecule has 0 saturated carbocycles. The highest BCUT2D eigenvalue weighted by Gasteiger charge is 2.10. The monoisotopic (exact) mass is 750 g/mol. The Morgan fingerprint density at radius 3 is 1.31 bits per heavy atom. The van der Waals surface area contributed by atoms with E-state index in [-0.39, 0.29) is 42.6 Å². The first-order chi connectivity index (χ1) is 25.0. The standard InChI is InChI=1S/C27H49NO9.3C4H10.CO2/c1-23(27(32)33)9-3-2-4-11-25(30)21-36-20-18-35-16-8-13-26(31)22-37-19-17-34-15-6-5-10-24(29)12-7-14-28;3*1-3-4-2;2-1-3/h23H,2-22,28H2,1H3,(H,32,33);3*3-4H2,1-2H3;. The zero-order chi connectivity index (χ0) is 40.5. The molecule has 12 heteroatoms. The third-order valence-corrected chi connectivity index (χ3v) is 7.18. The molecule has 12 nitrogen and oxygen atoms in total. The molecule has 0 bridgehead atoms. The molecular weight excluding hydrogens is 670 g/mol. The molecule has 0 radical (unpaired) electrons. The van der Waals surface area contributed by atoms with Crippen LogP contribution < -0.4 is 5.73 Å². The number of unbranched alkanes of at least 4 members (excludes halogenated alkanes) is 6. The number of carboxylic acid groups (broad SMARTS) is 1. The minimum Gasteiger partial charge on any atom is -0.481 e. The average molecular weight is 750 g/mol. The minimum atomic E-state index is -0.780. The van der Waals surface area contributed by atoms with Gasteiger partial charge in [0, 0.05) is 38.9 Å². The number of ketones is 3. The number of ether oxygens (including phenoxy) is 4. The van der Waals surface area contributed by atoms with Gasteiger partial charge >= 0.3 is 12.1 Å². The van der Waals surface area contributed by atoms with Gasteiger partial charge in [0.25, 0.3) is 0 Å². The van der Waals surface area contributed by atoms with Crippen molar-refractivity contribution in [3.05, 3.63) is 0 Å². The van der Waals surface area contributed by atoms with Crippen molar-refractivity contribution in [2.75, 3.05) is 59.4 Å². The van der Waals surface area contributed by atoms with Crippen molar-refractivity contribution in [1.82, 2.24) is 0 Å². The molecule has 0 aliphatic heterocycles.